The van der Waals surface area contributed by atoms with Crippen LogP contribution in [0.5, 0.6) is 0 Å². The van der Waals surface area contributed by atoms with Gasteiger partial charge in [0.25, 0.3) is 6.43 Å². The second kappa shape index (κ2) is 6.38. The normalized spacial score (nSPS) is 11.2. The molecule has 0 aliphatic rings. The predicted molar refractivity (Wildman–Crippen MR) is 67.8 cm³/mol. The highest BCUT2D eigenvalue weighted by Gasteiger charge is 2.05. The van der Waals surface area contributed by atoms with Crippen LogP contribution < -0.4 is 5.32 Å². The summed E-state index contributed by atoms with van der Waals surface area (Å²) in [6, 6.07) is 6.35. The number of hydrogen-bond donors (Lipinski definition) is 1. The van der Waals surface area contributed by atoms with Crippen LogP contribution in [-0.2, 0) is 20.0 Å². The lowest BCUT2D eigenvalue weighted by Gasteiger charge is -2.05. The first-order valence-electron chi connectivity index (χ1n) is 6.07. The minimum atomic E-state index is -2.41. The van der Waals surface area contributed by atoms with Crippen molar-refractivity contribution in [3.8, 4) is 0 Å². The number of alkyl halides is 2. The molecule has 6 heteroatoms. The molecule has 1 aromatic heterocycles. The summed E-state index contributed by atoms with van der Waals surface area (Å²) in [4.78, 5) is 4.12. The fourth-order valence-corrected chi connectivity index (χ4v) is 1.71. The maximum atomic E-state index is 12.4. The quantitative estimate of drug-likeness (QED) is 0.814. The third-order valence-corrected chi connectivity index (χ3v) is 2.73. The lowest BCUT2D eigenvalue weighted by atomic mass is 10.1. The molecule has 0 saturated carbocycles. The van der Waals surface area contributed by atoms with Gasteiger partial charge in [-0.05, 0) is 5.56 Å². The third-order valence-electron chi connectivity index (χ3n) is 2.73. The molecule has 0 atom stereocenters. The van der Waals surface area contributed by atoms with Crippen LogP contribution in [0.1, 0.15) is 23.4 Å². The van der Waals surface area contributed by atoms with Gasteiger partial charge in [-0.15, -0.1) is 0 Å². The minimum absolute atomic E-state index is 0.0569. The first-order chi connectivity index (χ1) is 9.15. The highest BCUT2D eigenvalue weighted by Crippen LogP contribution is 2.18. The van der Waals surface area contributed by atoms with Crippen LogP contribution in [0.2, 0.25) is 0 Å². The van der Waals surface area contributed by atoms with E-state index in [1.807, 2.05) is 7.05 Å². The average Bonchev–Trinajstić information content (AvgIpc) is 2.81. The van der Waals surface area contributed by atoms with Gasteiger partial charge in [0.1, 0.15) is 6.33 Å². The number of nitrogens with one attached hydrogen (secondary N) is 1. The molecule has 1 aromatic carbocycles. The lowest BCUT2D eigenvalue weighted by Crippen LogP contribution is -2.17. The largest absolute Gasteiger partial charge is 0.312 e. The van der Waals surface area contributed by atoms with Crippen molar-refractivity contribution >= 4 is 0 Å². The zero-order valence-corrected chi connectivity index (χ0v) is 10.7. The Morgan fingerprint density at radius 2 is 2.00 bits per heavy atom. The van der Waals surface area contributed by atoms with Gasteiger partial charge in [0.05, 0.1) is 0 Å². The molecule has 0 unspecified atom stereocenters. The molecule has 0 aliphatic heterocycles. The van der Waals surface area contributed by atoms with Gasteiger partial charge < -0.3 is 5.32 Å². The molecule has 102 valence electrons. The Hall–Kier alpha value is -1.82. The van der Waals surface area contributed by atoms with Crippen LogP contribution in [0, 0.1) is 0 Å². The maximum Gasteiger partial charge on any atom is 0.263 e. The van der Waals surface area contributed by atoms with Crippen molar-refractivity contribution in [1.29, 1.82) is 0 Å². The molecule has 1 N–H and O–H groups in total. The molecule has 0 saturated heterocycles. The molecular formula is C13H16F2N4. The monoisotopic (exact) mass is 266 g/mol. The Balaban J connectivity index is 1.73. The van der Waals surface area contributed by atoms with Crippen molar-refractivity contribution in [3.63, 3.8) is 0 Å². The van der Waals surface area contributed by atoms with Gasteiger partial charge in [0, 0.05) is 32.1 Å². The average molecular weight is 266 g/mol. The fraction of sp³-hybridized carbons (Fsp3) is 0.385. The van der Waals surface area contributed by atoms with Crippen molar-refractivity contribution in [2.24, 2.45) is 7.05 Å². The van der Waals surface area contributed by atoms with Crippen LogP contribution in [0.4, 0.5) is 8.78 Å². The number of nitrogens with zero attached hydrogens (tertiary/aromatic N) is 3. The molecule has 0 aliphatic carbocycles. The second-order valence-electron chi connectivity index (χ2n) is 4.30. The Labute approximate surface area is 110 Å². The van der Waals surface area contributed by atoms with Gasteiger partial charge in [-0.1, -0.05) is 24.3 Å². The number of hydrogen-bond acceptors (Lipinski definition) is 3. The number of rotatable bonds is 6. The van der Waals surface area contributed by atoms with Gasteiger partial charge in [-0.2, -0.15) is 5.10 Å². The molecular weight excluding hydrogens is 250 g/mol. The molecule has 2 aromatic rings. The predicted octanol–water partition coefficient (Wildman–Crippen LogP) is 2.08. The summed E-state index contributed by atoms with van der Waals surface area (Å²) in [6.45, 7) is 1.40. The van der Waals surface area contributed by atoms with E-state index in [4.69, 9.17) is 0 Å². The molecule has 0 spiro atoms. The highest BCUT2D eigenvalue weighted by atomic mass is 19.3. The zero-order chi connectivity index (χ0) is 13.7. The molecule has 19 heavy (non-hydrogen) atoms. The van der Waals surface area contributed by atoms with E-state index in [0.29, 0.717) is 6.54 Å². The van der Waals surface area contributed by atoms with Crippen LogP contribution in [0.3, 0.4) is 0 Å². The smallest absolute Gasteiger partial charge is 0.263 e. The molecule has 0 fully saturated rings. The van der Waals surface area contributed by atoms with Crippen molar-refractivity contribution in [1.82, 2.24) is 20.1 Å². The van der Waals surface area contributed by atoms with Crippen LogP contribution in [0.15, 0.2) is 30.6 Å². The SMILES string of the molecule is Cn1cnc(CCNCc2ccc(C(F)F)cc2)n1. The van der Waals surface area contributed by atoms with E-state index in [-0.39, 0.29) is 5.56 Å². The van der Waals surface area contributed by atoms with E-state index in [0.717, 1.165) is 24.4 Å². The third kappa shape index (κ3) is 4.10. The summed E-state index contributed by atoms with van der Waals surface area (Å²) in [5, 5.41) is 7.40. The Bertz CT molecular complexity index is 508. The number of aromatic nitrogens is 3. The number of aryl methyl sites for hydroxylation is 1. The summed E-state index contributed by atoms with van der Waals surface area (Å²) in [5.74, 6) is 0.794. The van der Waals surface area contributed by atoms with E-state index >= 15 is 0 Å². The van der Waals surface area contributed by atoms with Gasteiger partial charge in [-0.3, -0.25) is 4.68 Å². The van der Waals surface area contributed by atoms with Gasteiger partial charge >= 0.3 is 0 Å². The van der Waals surface area contributed by atoms with Crippen LogP contribution >= 0.6 is 0 Å². The molecule has 0 radical (unpaired) electrons. The zero-order valence-electron chi connectivity index (χ0n) is 10.7. The molecule has 2 rings (SSSR count). The van der Waals surface area contributed by atoms with Crippen LogP contribution in [0.25, 0.3) is 0 Å². The highest BCUT2D eigenvalue weighted by molar-refractivity contribution is 5.23. The molecule has 0 amide bonds. The summed E-state index contributed by atoms with van der Waals surface area (Å²) in [5.41, 5.74) is 1.04. The molecule has 1 heterocycles. The van der Waals surface area contributed by atoms with E-state index in [1.165, 1.54) is 12.1 Å². The van der Waals surface area contributed by atoms with Gasteiger partial charge in [0.15, 0.2) is 5.82 Å². The minimum Gasteiger partial charge on any atom is -0.312 e. The standard InChI is InChI=1S/C13H16F2N4/c1-19-9-17-12(18-19)6-7-16-8-10-2-4-11(5-3-10)13(14)15/h2-5,9,13,16H,6-8H2,1H3. The van der Waals surface area contributed by atoms with Crippen molar-refractivity contribution in [2.75, 3.05) is 6.54 Å². The number of halogens is 2. The Kier molecular flexibility index (Phi) is 4.57. The maximum absolute atomic E-state index is 12.4. The molecule has 4 nitrogen and oxygen atoms in total. The van der Waals surface area contributed by atoms with E-state index in [1.54, 1.807) is 23.1 Å². The first-order valence-corrected chi connectivity index (χ1v) is 6.07. The fourth-order valence-electron chi connectivity index (χ4n) is 1.71. The summed E-state index contributed by atoms with van der Waals surface area (Å²) < 4.78 is 26.4. The van der Waals surface area contributed by atoms with Crippen molar-refractivity contribution in [2.45, 2.75) is 19.4 Å². The topological polar surface area (TPSA) is 42.7 Å². The van der Waals surface area contributed by atoms with E-state index in [2.05, 4.69) is 15.4 Å². The van der Waals surface area contributed by atoms with Gasteiger partial charge in [0.2, 0.25) is 0 Å². The Morgan fingerprint density at radius 1 is 1.26 bits per heavy atom. The van der Waals surface area contributed by atoms with Crippen LogP contribution in [-0.4, -0.2) is 21.3 Å². The van der Waals surface area contributed by atoms with Crippen molar-refractivity contribution in [3.05, 3.63) is 47.5 Å². The Morgan fingerprint density at radius 3 is 2.58 bits per heavy atom. The summed E-state index contributed by atoms with van der Waals surface area (Å²) in [6.07, 6.45) is 0.00573. The summed E-state index contributed by atoms with van der Waals surface area (Å²) in [7, 11) is 1.83. The molecule has 0 bridgehead atoms. The second-order valence-corrected chi connectivity index (χ2v) is 4.30. The lowest BCUT2D eigenvalue weighted by molar-refractivity contribution is 0.151. The van der Waals surface area contributed by atoms with Crippen molar-refractivity contribution < 1.29 is 8.78 Å². The van der Waals surface area contributed by atoms with E-state index < -0.39 is 6.43 Å². The summed E-state index contributed by atoms with van der Waals surface area (Å²) >= 11 is 0. The number of benzene rings is 1. The van der Waals surface area contributed by atoms with Gasteiger partial charge in [-0.25, -0.2) is 13.8 Å². The van der Waals surface area contributed by atoms with E-state index in [9.17, 15) is 8.78 Å². The first kappa shape index (κ1) is 13.6.